The Bertz CT molecular complexity index is 547. The largest absolute Gasteiger partial charge is 0.345 e. The summed E-state index contributed by atoms with van der Waals surface area (Å²) in [6.45, 7) is 3.91. The maximum Gasteiger partial charge on any atom is 0.262 e. The first-order valence-electron chi connectivity index (χ1n) is 5.68. The monoisotopic (exact) mass is 279 g/mol. The Morgan fingerprint density at radius 1 is 1.28 bits per heavy atom. The van der Waals surface area contributed by atoms with Crippen LogP contribution in [0.5, 0.6) is 0 Å². The van der Waals surface area contributed by atoms with Gasteiger partial charge < -0.3 is 5.32 Å². The Labute approximate surface area is 116 Å². The highest BCUT2D eigenvalue weighted by atomic mass is 35.5. The van der Waals surface area contributed by atoms with Gasteiger partial charge in [-0.1, -0.05) is 23.7 Å². The molecule has 2 nitrogen and oxygen atoms in total. The minimum atomic E-state index is -0.0312. The van der Waals surface area contributed by atoms with Gasteiger partial charge in [-0.05, 0) is 48.6 Å². The van der Waals surface area contributed by atoms with Crippen molar-refractivity contribution in [3.63, 3.8) is 0 Å². The van der Waals surface area contributed by atoms with E-state index in [4.69, 9.17) is 11.6 Å². The number of carbonyl (C=O) groups is 1. The SMILES string of the molecule is Cc1ccsc1C(=O)NC(C)c1ccc(Cl)cc1. The minimum absolute atomic E-state index is 0.0232. The van der Waals surface area contributed by atoms with E-state index in [1.807, 2.05) is 49.6 Å². The zero-order chi connectivity index (χ0) is 13.1. The smallest absolute Gasteiger partial charge is 0.262 e. The predicted molar refractivity (Wildman–Crippen MR) is 76.4 cm³/mol. The van der Waals surface area contributed by atoms with E-state index < -0.39 is 0 Å². The number of thiophene rings is 1. The summed E-state index contributed by atoms with van der Waals surface area (Å²) in [6.07, 6.45) is 0. The fourth-order valence-electron chi connectivity index (χ4n) is 1.70. The molecule has 0 bridgehead atoms. The molecule has 0 fully saturated rings. The van der Waals surface area contributed by atoms with Crippen molar-refractivity contribution in [3.8, 4) is 0 Å². The van der Waals surface area contributed by atoms with E-state index in [0.717, 1.165) is 16.0 Å². The molecule has 0 aliphatic heterocycles. The van der Waals surface area contributed by atoms with Crippen LogP contribution in [-0.4, -0.2) is 5.91 Å². The summed E-state index contributed by atoms with van der Waals surface area (Å²) in [4.78, 5) is 12.8. The standard InChI is InChI=1S/C14H14ClNOS/c1-9-7-8-18-13(9)14(17)16-10(2)11-3-5-12(15)6-4-11/h3-8,10H,1-2H3,(H,16,17). The first kappa shape index (κ1) is 13.1. The van der Waals surface area contributed by atoms with Gasteiger partial charge in [0, 0.05) is 5.02 Å². The van der Waals surface area contributed by atoms with Crippen LogP contribution in [-0.2, 0) is 0 Å². The number of aryl methyl sites for hydroxylation is 1. The van der Waals surface area contributed by atoms with Crippen LogP contribution in [0.3, 0.4) is 0 Å². The third-order valence-electron chi connectivity index (χ3n) is 2.79. The third-order valence-corrected chi connectivity index (χ3v) is 4.05. The van der Waals surface area contributed by atoms with Crippen molar-refractivity contribution in [2.24, 2.45) is 0 Å². The van der Waals surface area contributed by atoms with Gasteiger partial charge in [0.05, 0.1) is 10.9 Å². The molecule has 1 aromatic heterocycles. The predicted octanol–water partition coefficient (Wildman–Crippen LogP) is 4.20. The molecular formula is C14H14ClNOS. The Hall–Kier alpha value is -1.32. The third kappa shape index (κ3) is 2.92. The second kappa shape index (κ2) is 5.55. The summed E-state index contributed by atoms with van der Waals surface area (Å²) < 4.78 is 0. The number of hydrogen-bond donors (Lipinski definition) is 1. The zero-order valence-electron chi connectivity index (χ0n) is 10.2. The van der Waals surface area contributed by atoms with Crippen LogP contribution in [0.1, 0.15) is 33.8 Å². The highest BCUT2D eigenvalue weighted by Gasteiger charge is 2.14. The maximum atomic E-state index is 12.1. The Morgan fingerprint density at radius 2 is 1.94 bits per heavy atom. The van der Waals surface area contributed by atoms with Crippen LogP contribution in [0.2, 0.25) is 5.02 Å². The van der Waals surface area contributed by atoms with Crippen molar-refractivity contribution in [2.75, 3.05) is 0 Å². The van der Waals surface area contributed by atoms with Gasteiger partial charge >= 0.3 is 0 Å². The lowest BCUT2D eigenvalue weighted by Gasteiger charge is -2.14. The lowest BCUT2D eigenvalue weighted by molar-refractivity contribution is 0.0943. The number of rotatable bonds is 3. The van der Waals surface area contributed by atoms with Gasteiger partial charge in [0.1, 0.15) is 0 Å². The number of benzene rings is 1. The van der Waals surface area contributed by atoms with Gasteiger partial charge in [-0.2, -0.15) is 0 Å². The average Bonchev–Trinajstić information content (AvgIpc) is 2.76. The van der Waals surface area contributed by atoms with Crippen molar-refractivity contribution in [3.05, 3.63) is 56.7 Å². The van der Waals surface area contributed by atoms with Crippen molar-refractivity contribution >= 4 is 28.8 Å². The number of hydrogen-bond acceptors (Lipinski definition) is 2. The molecule has 0 aliphatic carbocycles. The molecule has 1 heterocycles. The minimum Gasteiger partial charge on any atom is -0.345 e. The van der Waals surface area contributed by atoms with Gasteiger partial charge in [-0.3, -0.25) is 4.79 Å². The summed E-state index contributed by atoms with van der Waals surface area (Å²) in [7, 11) is 0. The van der Waals surface area contributed by atoms with Crippen LogP contribution < -0.4 is 5.32 Å². The number of amides is 1. The molecule has 0 spiro atoms. The summed E-state index contributed by atoms with van der Waals surface area (Å²) in [6, 6.07) is 9.43. The van der Waals surface area contributed by atoms with Gasteiger partial charge in [-0.15, -0.1) is 11.3 Å². The Morgan fingerprint density at radius 3 is 2.50 bits per heavy atom. The quantitative estimate of drug-likeness (QED) is 0.896. The van der Waals surface area contributed by atoms with E-state index in [9.17, 15) is 4.79 Å². The number of nitrogens with one attached hydrogen (secondary N) is 1. The Kier molecular flexibility index (Phi) is 4.04. The number of halogens is 1. The van der Waals surface area contributed by atoms with Gasteiger partial charge in [0.2, 0.25) is 0 Å². The molecule has 0 saturated carbocycles. The second-order valence-corrected chi connectivity index (χ2v) is 5.53. The summed E-state index contributed by atoms with van der Waals surface area (Å²) in [5.41, 5.74) is 2.06. The van der Waals surface area contributed by atoms with E-state index in [-0.39, 0.29) is 11.9 Å². The molecule has 2 rings (SSSR count). The molecule has 94 valence electrons. The molecule has 1 unspecified atom stereocenters. The molecule has 4 heteroatoms. The van der Waals surface area contributed by atoms with E-state index in [1.165, 1.54) is 11.3 Å². The maximum absolute atomic E-state index is 12.1. The first-order chi connectivity index (χ1) is 8.58. The lowest BCUT2D eigenvalue weighted by Crippen LogP contribution is -2.26. The fraction of sp³-hybridized carbons (Fsp3) is 0.214. The van der Waals surface area contributed by atoms with Gasteiger partial charge in [-0.25, -0.2) is 0 Å². The molecule has 2 aromatic rings. The molecule has 1 N–H and O–H groups in total. The van der Waals surface area contributed by atoms with Gasteiger partial charge in [0.15, 0.2) is 0 Å². The van der Waals surface area contributed by atoms with Crippen molar-refractivity contribution in [1.29, 1.82) is 0 Å². The van der Waals surface area contributed by atoms with Gasteiger partial charge in [0.25, 0.3) is 5.91 Å². The van der Waals surface area contributed by atoms with Crippen molar-refractivity contribution in [1.82, 2.24) is 5.32 Å². The van der Waals surface area contributed by atoms with Crippen LogP contribution in [0.4, 0.5) is 0 Å². The highest BCUT2D eigenvalue weighted by molar-refractivity contribution is 7.12. The molecule has 0 radical (unpaired) electrons. The summed E-state index contributed by atoms with van der Waals surface area (Å²) >= 11 is 7.30. The molecule has 0 saturated heterocycles. The number of carbonyl (C=O) groups excluding carboxylic acids is 1. The van der Waals surface area contributed by atoms with E-state index >= 15 is 0 Å². The van der Waals surface area contributed by atoms with Crippen LogP contribution in [0.15, 0.2) is 35.7 Å². The topological polar surface area (TPSA) is 29.1 Å². The molecule has 18 heavy (non-hydrogen) atoms. The van der Waals surface area contributed by atoms with Crippen molar-refractivity contribution < 1.29 is 4.79 Å². The molecular weight excluding hydrogens is 266 g/mol. The molecule has 0 aliphatic rings. The zero-order valence-corrected chi connectivity index (χ0v) is 11.8. The molecule has 1 atom stereocenters. The normalized spacial score (nSPS) is 12.2. The van der Waals surface area contributed by atoms with Crippen molar-refractivity contribution in [2.45, 2.75) is 19.9 Å². The van der Waals surface area contributed by atoms with E-state index in [2.05, 4.69) is 5.32 Å². The highest BCUT2D eigenvalue weighted by Crippen LogP contribution is 2.19. The van der Waals surface area contributed by atoms with E-state index in [0.29, 0.717) is 5.02 Å². The lowest BCUT2D eigenvalue weighted by atomic mass is 10.1. The van der Waals surface area contributed by atoms with Crippen LogP contribution in [0, 0.1) is 6.92 Å². The average molecular weight is 280 g/mol. The Balaban J connectivity index is 2.08. The van der Waals surface area contributed by atoms with E-state index in [1.54, 1.807) is 0 Å². The molecule has 1 amide bonds. The molecule has 1 aromatic carbocycles. The first-order valence-corrected chi connectivity index (χ1v) is 6.94. The summed E-state index contributed by atoms with van der Waals surface area (Å²) in [5.74, 6) is -0.0232. The second-order valence-electron chi connectivity index (χ2n) is 4.18. The summed E-state index contributed by atoms with van der Waals surface area (Å²) in [5, 5.41) is 5.62. The fourth-order valence-corrected chi connectivity index (χ4v) is 2.66. The van der Waals surface area contributed by atoms with Crippen LogP contribution in [0.25, 0.3) is 0 Å². The van der Waals surface area contributed by atoms with Crippen LogP contribution >= 0.6 is 22.9 Å².